The number of benzene rings is 2. The highest BCUT2D eigenvalue weighted by Crippen LogP contribution is 2.39. The number of nitrogens with one attached hydrogen (secondary N) is 3. The number of hydrogen-bond acceptors (Lipinski definition) is 7. The lowest BCUT2D eigenvalue weighted by atomic mass is 10.2. The van der Waals surface area contributed by atoms with E-state index in [1.54, 1.807) is 45.0 Å². The average molecular weight is 655 g/mol. The Hall–Kier alpha value is -3.61. The zero-order chi connectivity index (χ0) is 29.8. The summed E-state index contributed by atoms with van der Waals surface area (Å²) in [6.07, 6.45) is 2.31. The molecule has 0 saturated carbocycles. The number of H-pyrrole nitrogens is 1. The number of nitrogens with zero attached hydrogens (tertiary/aromatic N) is 2. The van der Waals surface area contributed by atoms with Gasteiger partial charge in [0, 0.05) is 4.47 Å². The smallest absolute Gasteiger partial charge is 0.413 e. The third-order valence-corrected chi connectivity index (χ3v) is 5.94. The summed E-state index contributed by atoms with van der Waals surface area (Å²) >= 11 is 16.3. The first-order valence-electron chi connectivity index (χ1n) is 11.8. The molecule has 1 aromatic heterocycles. The Labute approximate surface area is 247 Å². The molecule has 0 saturated heterocycles. The number of carbonyl (C=O) groups excluding carboxylic acids is 2. The molecule has 0 fully saturated rings. The van der Waals surface area contributed by atoms with Gasteiger partial charge in [-0.05, 0) is 79.0 Å². The van der Waals surface area contributed by atoms with Crippen molar-refractivity contribution in [3.63, 3.8) is 0 Å². The number of amides is 2. The van der Waals surface area contributed by atoms with E-state index in [-0.39, 0.29) is 33.3 Å². The number of allylic oxidation sites excluding steroid dienone is 1. The van der Waals surface area contributed by atoms with E-state index in [0.717, 1.165) is 4.68 Å². The van der Waals surface area contributed by atoms with E-state index in [2.05, 4.69) is 36.6 Å². The Morgan fingerprint density at radius 1 is 1.10 bits per heavy atom. The van der Waals surface area contributed by atoms with Gasteiger partial charge < -0.3 is 14.8 Å². The average Bonchev–Trinajstić information content (AvgIpc) is 2.82. The molecule has 11 nitrogen and oxygen atoms in total. The molecule has 0 radical (unpaired) electrons. The lowest BCUT2D eigenvalue weighted by molar-refractivity contribution is -0.111. The van der Waals surface area contributed by atoms with Gasteiger partial charge >= 0.3 is 11.8 Å². The molecule has 212 valence electrons. The van der Waals surface area contributed by atoms with Crippen LogP contribution in [-0.4, -0.2) is 32.4 Å². The van der Waals surface area contributed by atoms with Crippen molar-refractivity contribution in [2.24, 2.45) is 5.92 Å². The van der Waals surface area contributed by atoms with Gasteiger partial charge in [-0.2, -0.15) is 4.68 Å². The molecule has 0 aliphatic carbocycles. The molecule has 14 heteroatoms. The molecule has 2 aromatic carbocycles. The van der Waals surface area contributed by atoms with Gasteiger partial charge in [-0.25, -0.2) is 9.59 Å². The van der Waals surface area contributed by atoms with Crippen molar-refractivity contribution < 1.29 is 19.1 Å². The second-order valence-corrected chi connectivity index (χ2v) is 11.4. The first-order valence-corrected chi connectivity index (χ1v) is 13.4. The summed E-state index contributed by atoms with van der Waals surface area (Å²) in [6, 6.07) is 7.55. The van der Waals surface area contributed by atoms with Crippen molar-refractivity contribution in [1.82, 2.24) is 14.8 Å². The Bertz CT molecular complexity index is 1570. The van der Waals surface area contributed by atoms with Crippen LogP contribution in [0, 0.1) is 5.92 Å². The van der Waals surface area contributed by atoms with Crippen molar-refractivity contribution in [1.29, 1.82) is 0 Å². The number of aromatic amines is 1. The third kappa shape index (κ3) is 8.44. The highest BCUT2D eigenvalue weighted by molar-refractivity contribution is 9.10. The van der Waals surface area contributed by atoms with E-state index in [9.17, 15) is 19.2 Å². The van der Waals surface area contributed by atoms with Crippen LogP contribution in [0.25, 0.3) is 5.69 Å². The van der Waals surface area contributed by atoms with Crippen LogP contribution in [0.2, 0.25) is 10.0 Å². The summed E-state index contributed by atoms with van der Waals surface area (Å²) in [5.74, 6) is -0.0820. The first-order chi connectivity index (χ1) is 18.6. The van der Waals surface area contributed by atoms with Crippen LogP contribution < -0.4 is 26.6 Å². The van der Waals surface area contributed by atoms with Gasteiger partial charge in [-0.1, -0.05) is 43.1 Å². The van der Waals surface area contributed by atoms with Crippen LogP contribution in [-0.2, 0) is 9.53 Å². The molecule has 40 heavy (non-hydrogen) atoms. The van der Waals surface area contributed by atoms with Gasteiger partial charge in [0.25, 0.3) is 5.56 Å². The van der Waals surface area contributed by atoms with Crippen molar-refractivity contribution in [3.05, 3.63) is 77.8 Å². The standard InChI is InChI=1S/C26H26BrCl2N5O6/c1-13(2)6-9-20(35)30-19-8-7-15(12-16(19)27)39-21-17(28)10-14(11-18(21)29)34-24(37)32-23(36)22(33-34)31-25(38)40-26(3,4)5/h6-13H,1-5H3,(H,30,35)(H,31,33,38)(H,32,36,37)/b9-6+. The van der Waals surface area contributed by atoms with E-state index >= 15 is 0 Å². The lowest BCUT2D eigenvalue weighted by Crippen LogP contribution is -2.36. The SMILES string of the molecule is CC(C)/C=C/C(=O)Nc1ccc(Oc2c(Cl)cc(-n3nc(NC(=O)OC(C)(C)C)c(=O)[nH]c3=O)cc2Cl)cc1Br. The number of aromatic nitrogens is 3. The minimum atomic E-state index is -0.931. The second kappa shape index (κ2) is 12.7. The number of anilines is 2. The minimum Gasteiger partial charge on any atom is -0.454 e. The van der Waals surface area contributed by atoms with Crippen molar-refractivity contribution >= 4 is 62.6 Å². The van der Waals surface area contributed by atoms with Gasteiger partial charge in [0.2, 0.25) is 11.7 Å². The van der Waals surface area contributed by atoms with E-state index in [1.165, 1.54) is 18.2 Å². The fraction of sp³-hybridized carbons (Fsp3) is 0.269. The Morgan fingerprint density at radius 2 is 1.75 bits per heavy atom. The van der Waals surface area contributed by atoms with Crippen molar-refractivity contribution in [2.75, 3.05) is 10.6 Å². The highest BCUT2D eigenvalue weighted by Gasteiger charge is 2.20. The molecule has 3 N–H and O–H groups in total. The molecule has 0 unspecified atom stereocenters. The summed E-state index contributed by atoms with van der Waals surface area (Å²) in [4.78, 5) is 50.9. The van der Waals surface area contributed by atoms with Crippen LogP contribution in [0.5, 0.6) is 11.5 Å². The summed E-state index contributed by atoms with van der Waals surface area (Å²) in [5.41, 5.74) is -2.03. The monoisotopic (exact) mass is 653 g/mol. The highest BCUT2D eigenvalue weighted by atomic mass is 79.9. The number of halogens is 3. The van der Waals surface area contributed by atoms with E-state index in [4.69, 9.17) is 32.7 Å². The second-order valence-electron chi connectivity index (χ2n) is 9.72. The van der Waals surface area contributed by atoms with Crippen molar-refractivity contribution in [2.45, 2.75) is 40.2 Å². The van der Waals surface area contributed by atoms with Crippen LogP contribution in [0.3, 0.4) is 0 Å². The zero-order valence-corrected chi connectivity index (χ0v) is 25.2. The van der Waals surface area contributed by atoms with Crippen LogP contribution in [0.4, 0.5) is 16.3 Å². The van der Waals surface area contributed by atoms with Crippen LogP contribution >= 0.6 is 39.1 Å². The Balaban J connectivity index is 1.85. The van der Waals surface area contributed by atoms with Gasteiger partial charge in [-0.15, -0.1) is 5.10 Å². The van der Waals surface area contributed by atoms with Gasteiger partial charge in [0.15, 0.2) is 5.75 Å². The number of ether oxygens (including phenoxy) is 2. The predicted molar refractivity (Wildman–Crippen MR) is 157 cm³/mol. The van der Waals surface area contributed by atoms with Crippen molar-refractivity contribution in [3.8, 4) is 17.2 Å². The molecule has 0 spiro atoms. The van der Waals surface area contributed by atoms with E-state index < -0.39 is 28.8 Å². The molecule has 1 heterocycles. The maximum absolute atomic E-state index is 12.5. The van der Waals surface area contributed by atoms with Gasteiger partial charge in [0.05, 0.1) is 21.4 Å². The van der Waals surface area contributed by atoms with Gasteiger partial charge in [0.1, 0.15) is 11.4 Å². The number of hydrogen-bond donors (Lipinski definition) is 3. The number of carbonyl (C=O) groups is 2. The molecule has 3 aromatic rings. The molecule has 0 aliphatic heterocycles. The summed E-state index contributed by atoms with van der Waals surface area (Å²) < 4.78 is 12.3. The van der Waals surface area contributed by atoms with Gasteiger partial charge in [-0.3, -0.25) is 19.9 Å². The zero-order valence-electron chi connectivity index (χ0n) is 22.1. The largest absolute Gasteiger partial charge is 0.454 e. The fourth-order valence-corrected chi connectivity index (χ4v) is 4.07. The normalized spacial score (nSPS) is 11.5. The first kappa shape index (κ1) is 30.9. The molecule has 0 atom stereocenters. The summed E-state index contributed by atoms with van der Waals surface area (Å²) in [6.45, 7) is 8.87. The minimum absolute atomic E-state index is 0.0244. The molecule has 2 amide bonds. The topological polar surface area (TPSA) is 144 Å². The maximum atomic E-state index is 12.5. The Morgan fingerprint density at radius 3 is 2.33 bits per heavy atom. The number of rotatable bonds is 7. The molecule has 0 aliphatic rings. The predicted octanol–water partition coefficient (Wildman–Crippen LogP) is 6.28. The van der Waals surface area contributed by atoms with Crippen LogP contribution in [0.1, 0.15) is 34.6 Å². The maximum Gasteiger partial charge on any atom is 0.413 e. The molecular weight excluding hydrogens is 629 g/mol. The molecule has 3 rings (SSSR count). The van der Waals surface area contributed by atoms with E-state index in [0.29, 0.717) is 15.9 Å². The van der Waals surface area contributed by atoms with E-state index in [1.807, 2.05) is 13.8 Å². The quantitative estimate of drug-likeness (QED) is 0.254. The summed E-state index contributed by atoms with van der Waals surface area (Å²) in [7, 11) is 0. The Kier molecular flexibility index (Phi) is 9.82. The fourth-order valence-electron chi connectivity index (χ4n) is 3.06. The van der Waals surface area contributed by atoms with Crippen LogP contribution in [0.15, 0.2) is 56.5 Å². The molecule has 0 bridgehead atoms. The lowest BCUT2D eigenvalue weighted by Gasteiger charge is -2.19. The third-order valence-electron chi connectivity index (χ3n) is 4.73. The molecular formula is C26H26BrCl2N5O6. The summed E-state index contributed by atoms with van der Waals surface area (Å²) in [5, 5.41) is 8.94.